The lowest BCUT2D eigenvalue weighted by molar-refractivity contribution is -0.138. The molecule has 5 rings (SSSR count). The number of aromatic amines is 1. The molecule has 2 aromatic rings. The molecule has 8 heteroatoms. The second kappa shape index (κ2) is 7.12. The monoisotopic (exact) mass is 383 g/mol. The van der Waals surface area contributed by atoms with E-state index >= 15 is 0 Å². The molecule has 3 fully saturated rings. The van der Waals surface area contributed by atoms with Crippen LogP contribution in [0.1, 0.15) is 34.8 Å². The Morgan fingerprint density at radius 1 is 1.29 bits per heavy atom. The van der Waals surface area contributed by atoms with E-state index in [-0.39, 0.29) is 30.4 Å². The zero-order chi connectivity index (χ0) is 19.7. The van der Waals surface area contributed by atoms with E-state index in [1.54, 1.807) is 18.5 Å². The summed E-state index contributed by atoms with van der Waals surface area (Å²) in [6, 6.07) is 11.5. The number of H-pyrrole nitrogens is 1. The minimum absolute atomic E-state index is 0.0375. The smallest absolute Gasteiger partial charge is 0.290 e. The van der Waals surface area contributed by atoms with E-state index in [9.17, 15) is 9.59 Å². The standard InChI is InChI=1S/C19H19N3O3.CH2O2/c23-17-10-16-19(7-9-21(16)18(24)14-6-8-20-11-14)22(17)15(12-25-19)13-4-2-1-3-5-13;2-1-3/h1-6,8,11,15-16,20H,7,9-10,12H2;1H,(H,2,3)/t15-,16+,19-;/m0./s1. The van der Waals surface area contributed by atoms with Gasteiger partial charge in [-0.05, 0) is 11.6 Å². The number of ether oxygens (including phenoxy) is 1. The van der Waals surface area contributed by atoms with Crippen molar-refractivity contribution >= 4 is 18.3 Å². The van der Waals surface area contributed by atoms with E-state index in [0.717, 1.165) is 5.56 Å². The minimum Gasteiger partial charge on any atom is -0.483 e. The van der Waals surface area contributed by atoms with Crippen LogP contribution in [-0.4, -0.2) is 63.1 Å². The number of likely N-dealkylation sites (tertiary alicyclic amines) is 1. The molecule has 0 bridgehead atoms. The molecule has 1 aromatic carbocycles. The van der Waals surface area contributed by atoms with Crippen molar-refractivity contribution in [1.82, 2.24) is 14.8 Å². The molecule has 0 unspecified atom stereocenters. The number of carbonyl (C=O) groups is 3. The van der Waals surface area contributed by atoms with Crippen LogP contribution in [0.2, 0.25) is 0 Å². The van der Waals surface area contributed by atoms with E-state index in [1.807, 2.05) is 40.1 Å². The number of rotatable bonds is 2. The molecule has 1 spiro atoms. The average molecular weight is 383 g/mol. The number of nitrogens with zero attached hydrogens (tertiary/aromatic N) is 2. The highest BCUT2D eigenvalue weighted by atomic mass is 16.5. The van der Waals surface area contributed by atoms with Gasteiger partial charge >= 0.3 is 0 Å². The summed E-state index contributed by atoms with van der Waals surface area (Å²) in [5, 5.41) is 6.89. The minimum atomic E-state index is -0.663. The fourth-order valence-electron chi connectivity index (χ4n) is 4.63. The number of amides is 2. The molecule has 146 valence electrons. The van der Waals surface area contributed by atoms with Gasteiger partial charge in [0.25, 0.3) is 12.4 Å². The summed E-state index contributed by atoms with van der Waals surface area (Å²) in [5.74, 6) is 0.0347. The van der Waals surface area contributed by atoms with Crippen LogP contribution in [0.15, 0.2) is 48.8 Å². The fraction of sp³-hybridized carbons (Fsp3) is 0.350. The number of nitrogens with one attached hydrogen (secondary N) is 1. The van der Waals surface area contributed by atoms with E-state index in [0.29, 0.717) is 31.6 Å². The zero-order valence-electron chi connectivity index (χ0n) is 15.2. The molecule has 8 nitrogen and oxygen atoms in total. The van der Waals surface area contributed by atoms with Crippen LogP contribution in [0.3, 0.4) is 0 Å². The van der Waals surface area contributed by atoms with Gasteiger partial charge in [0.1, 0.15) is 0 Å². The Hall–Kier alpha value is -3.13. The van der Waals surface area contributed by atoms with Gasteiger partial charge in [0.2, 0.25) is 5.91 Å². The van der Waals surface area contributed by atoms with Crippen LogP contribution in [-0.2, 0) is 14.3 Å². The number of carboxylic acid groups (broad SMARTS) is 1. The molecule has 3 aliphatic heterocycles. The second-order valence-corrected chi connectivity index (χ2v) is 7.02. The molecule has 0 radical (unpaired) electrons. The summed E-state index contributed by atoms with van der Waals surface area (Å²) >= 11 is 0. The third-order valence-corrected chi connectivity index (χ3v) is 5.75. The van der Waals surface area contributed by atoms with E-state index in [4.69, 9.17) is 14.6 Å². The average Bonchev–Trinajstić information content (AvgIpc) is 3.46. The van der Waals surface area contributed by atoms with Gasteiger partial charge in [-0.15, -0.1) is 0 Å². The summed E-state index contributed by atoms with van der Waals surface area (Å²) < 4.78 is 6.23. The first-order valence-corrected chi connectivity index (χ1v) is 9.15. The first kappa shape index (κ1) is 18.2. The van der Waals surface area contributed by atoms with Gasteiger partial charge < -0.3 is 24.6 Å². The van der Waals surface area contributed by atoms with Gasteiger partial charge in [0.05, 0.1) is 30.7 Å². The lowest BCUT2D eigenvalue weighted by atomic mass is 10.0. The molecule has 0 saturated carbocycles. The van der Waals surface area contributed by atoms with Crippen LogP contribution in [0, 0.1) is 0 Å². The van der Waals surface area contributed by atoms with Gasteiger partial charge in [-0.2, -0.15) is 0 Å². The third-order valence-electron chi connectivity index (χ3n) is 5.75. The first-order chi connectivity index (χ1) is 13.6. The molecule has 3 aliphatic rings. The molecule has 28 heavy (non-hydrogen) atoms. The summed E-state index contributed by atoms with van der Waals surface area (Å²) in [7, 11) is 0. The van der Waals surface area contributed by atoms with Gasteiger partial charge in [-0.3, -0.25) is 14.4 Å². The van der Waals surface area contributed by atoms with Crippen LogP contribution < -0.4 is 0 Å². The number of hydrogen-bond acceptors (Lipinski definition) is 4. The largest absolute Gasteiger partial charge is 0.483 e. The van der Waals surface area contributed by atoms with Gasteiger partial charge in [-0.25, -0.2) is 0 Å². The number of benzene rings is 1. The maximum atomic E-state index is 12.8. The van der Waals surface area contributed by atoms with Crippen molar-refractivity contribution < 1.29 is 24.2 Å². The van der Waals surface area contributed by atoms with Gasteiger partial charge in [0, 0.05) is 25.4 Å². The highest BCUT2D eigenvalue weighted by molar-refractivity contribution is 5.95. The van der Waals surface area contributed by atoms with Crippen LogP contribution in [0.4, 0.5) is 0 Å². The molecule has 2 amide bonds. The maximum Gasteiger partial charge on any atom is 0.290 e. The Morgan fingerprint density at radius 2 is 2.04 bits per heavy atom. The summed E-state index contributed by atoms with van der Waals surface area (Å²) in [5.41, 5.74) is 1.05. The van der Waals surface area contributed by atoms with Crippen LogP contribution in [0.5, 0.6) is 0 Å². The van der Waals surface area contributed by atoms with E-state index in [1.165, 1.54) is 0 Å². The van der Waals surface area contributed by atoms with Crippen molar-refractivity contribution in [2.24, 2.45) is 0 Å². The molecule has 3 atom stereocenters. The van der Waals surface area contributed by atoms with Crippen molar-refractivity contribution in [1.29, 1.82) is 0 Å². The Bertz CT molecular complexity index is 869. The Kier molecular flexibility index (Phi) is 4.64. The maximum absolute atomic E-state index is 12.8. The van der Waals surface area contributed by atoms with Crippen molar-refractivity contribution in [2.75, 3.05) is 13.2 Å². The second-order valence-electron chi connectivity index (χ2n) is 7.02. The van der Waals surface area contributed by atoms with E-state index in [2.05, 4.69) is 4.98 Å². The van der Waals surface area contributed by atoms with E-state index < -0.39 is 5.72 Å². The molecule has 3 saturated heterocycles. The topological polar surface area (TPSA) is 103 Å². The zero-order valence-corrected chi connectivity index (χ0v) is 15.2. The molecular formula is C20H21N3O5. The van der Waals surface area contributed by atoms with Gasteiger partial charge in [-0.1, -0.05) is 30.3 Å². The molecule has 0 aliphatic carbocycles. The van der Waals surface area contributed by atoms with Crippen LogP contribution in [0.25, 0.3) is 0 Å². The van der Waals surface area contributed by atoms with Crippen molar-refractivity contribution in [3.8, 4) is 0 Å². The summed E-state index contributed by atoms with van der Waals surface area (Å²) in [6.07, 6.45) is 4.44. The Morgan fingerprint density at radius 3 is 2.71 bits per heavy atom. The number of aromatic nitrogens is 1. The predicted molar refractivity (Wildman–Crippen MR) is 98.3 cm³/mol. The van der Waals surface area contributed by atoms with Crippen LogP contribution >= 0.6 is 0 Å². The first-order valence-electron chi connectivity index (χ1n) is 9.15. The molecular weight excluding hydrogens is 362 g/mol. The molecule has 2 N–H and O–H groups in total. The lowest BCUT2D eigenvalue weighted by Gasteiger charge is -2.33. The lowest BCUT2D eigenvalue weighted by Crippen LogP contribution is -2.49. The fourth-order valence-corrected chi connectivity index (χ4v) is 4.63. The SMILES string of the molecule is O=C(c1cc[nH]c1)N1CC[C@@]23OC[C@@H](c4ccccc4)N2C(=O)C[C@@H]13.O=CO. The highest BCUT2D eigenvalue weighted by Gasteiger charge is 2.65. The number of carbonyl (C=O) groups excluding carboxylic acids is 2. The third kappa shape index (κ3) is 2.68. The summed E-state index contributed by atoms with van der Waals surface area (Å²) in [6.45, 7) is 0.846. The van der Waals surface area contributed by atoms with Crippen molar-refractivity contribution in [3.05, 3.63) is 59.9 Å². The normalized spacial score (nSPS) is 27.8. The predicted octanol–water partition coefficient (Wildman–Crippen LogP) is 1.63. The number of hydrogen-bond donors (Lipinski definition) is 2. The van der Waals surface area contributed by atoms with Crippen molar-refractivity contribution in [2.45, 2.75) is 30.7 Å². The quantitative estimate of drug-likeness (QED) is 0.768. The van der Waals surface area contributed by atoms with Gasteiger partial charge in [0.15, 0.2) is 5.72 Å². The Balaban J connectivity index is 0.000000604. The molecule has 1 aromatic heterocycles. The Labute approximate surface area is 161 Å². The summed E-state index contributed by atoms with van der Waals surface area (Å²) in [4.78, 5) is 40.6. The highest BCUT2D eigenvalue weighted by Crippen LogP contribution is 2.51. The molecule has 4 heterocycles. The van der Waals surface area contributed by atoms with Crippen molar-refractivity contribution in [3.63, 3.8) is 0 Å².